The van der Waals surface area contributed by atoms with Gasteiger partial charge < -0.3 is 9.84 Å². The maximum atomic E-state index is 9.56. The van der Waals surface area contributed by atoms with Gasteiger partial charge in [0, 0.05) is 25.2 Å². The molecule has 0 unspecified atom stereocenters. The molecule has 1 fully saturated rings. The summed E-state index contributed by atoms with van der Waals surface area (Å²) < 4.78 is 5.24. The maximum absolute atomic E-state index is 9.56. The smallest absolute Gasteiger partial charge is 0.120 e. The number of phenols is 1. The minimum atomic E-state index is 0.346. The molecule has 0 aliphatic carbocycles. The molecule has 2 N–H and O–H groups in total. The van der Waals surface area contributed by atoms with Crippen LogP contribution in [0.2, 0.25) is 0 Å². The van der Waals surface area contributed by atoms with E-state index in [1.165, 1.54) is 0 Å². The zero-order valence-electron chi connectivity index (χ0n) is 8.65. The molecular weight excluding hydrogens is 192 g/mol. The molecule has 1 aliphatic rings. The number of nitrogens with zero attached hydrogens (tertiary/aromatic N) is 1. The van der Waals surface area contributed by atoms with Crippen LogP contribution in [0.3, 0.4) is 0 Å². The Morgan fingerprint density at radius 3 is 2.73 bits per heavy atom. The first-order valence-electron chi connectivity index (χ1n) is 5.19. The predicted molar refractivity (Wildman–Crippen MR) is 57.3 cm³/mol. The first-order chi connectivity index (χ1) is 7.36. The molecule has 1 saturated heterocycles. The molecule has 0 saturated carbocycles. The lowest BCUT2D eigenvalue weighted by molar-refractivity contribution is 0.0105. The van der Waals surface area contributed by atoms with E-state index in [1.54, 1.807) is 6.07 Å². The lowest BCUT2D eigenvalue weighted by Crippen LogP contribution is -2.45. The van der Waals surface area contributed by atoms with Crippen molar-refractivity contribution in [3.63, 3.8) is 0 Å². The van der Waals surface area contributed by atoms with Crippen LogP contribution in [0.1, 0.15) is 5.56 Å². The Morgan fingerprint density at radius 1 is 1.27 bits per heavy atom. The summed E-state index contributed by atoms with van der Waals surface area (Å²) in [6.07, 6.45) is 0. The maximum Gasteiger partial charge on any atom is 0.120 e. The Hall–Kier alpha value is -1.10. The average molecular weight is 208 g/mol. The molecular formula is C11H16N2O2. The van der Waals surface area contributed by atoms with Crippen LogP contribution >= 0.6 is 0 Å². The number of aromatic hydroxyl groups is 1. The molecule has 1 aromatic rings. The van der Waals surface area contributed by atoms with E-state index in [-0.39, 0.29) is 0 Å². The largest absolute Gasteiger partial charge is 0.508 e. The summed E-state index contributed by atoms with van der Waals surface area (Å²) in [7, 11) is 0. The zero-order chi connectivity index (χ0) is 10.5. The SMILES string of the molecule is Oc1ccccc1CNN1CCOCC1. The Bertz CT molecular complexity index is 311. The van der Waals surface area contributed by atoms with Crippen molar-refractivity contribution >= 4 is 0 Å². The fourth-order valence-electron chi connectivity index (χ4n) is 1.58. The Kier molecular flexibility index (Phi) is 3.55. The fraction of sp³-hybridized carbons (Fsp3) is 0.455. The normalized spacial score (nSPS) is 17.9. The molecule has 1 aliphatic heterocycles. The number of benzene rings is 1. The highest BCUT2D eigenvalue weighted by Crippen LogP contribution is 2.14. The topological polar surface area (TPSA) is 44.7 Å². The van der Waals surface area contributed by atoms with E-state index < -0.39 is 0 Å². The third kappa shape index (κ3) is 2.92. The molecule has 0 aromatic heterocycles. The Balaban J connectivity index is 1.84. The molecule has 0 atom stereocenters. The van der Waals surface area contributed by atoms with Gasteiger partial charge in [-0.15, -0.1) is 0 Å². The molecule has 15 heavy (non-hydrogen) atoms. The van der Waals surface area contributed by atoms with Gasteiger partial charge in [0.1, 0.15) is 5.75 Å². The van der Waals surface area contributed by atoms with Gasteiger partial charge in [-0.1, -0.05) is 18.2 Å². The quantitative estimate of drug-likeness (QED) is 0.768. The van der Waals surface area contributed by atoms with Crippen LogP contribution in [0.15, 0.2) is 24.3 Å². The van der Waals surface area contributed by atoms with Crippen LogP contribution in [0.5, 0.6) is 5.75 Å². The number of hydrogen-bond acceptors (Lipinski definition) is 4. The fourth-order valence-corrected chi connectivity index (χ4v) is 1.58. The third-order valence-electron chi connectivity index (χ3n) is 2.50. The van der Waals surface area contributed by atoms with Crippen LogP contribution in [0, 0.1) is 0 Å². The summed E-state index contributed by atoms with van der Waals surface area (Å²) in [5, 5.41) is 11.7. The highest BCUT2D eigenvalue weighted by Gasteiger charge is 2.09. The van der Waals surface area contributed by atoms with E-state index >= 15 is 0 Å². The number of phenolic OH excluding ortho intramolecular Hbond substituents is 1. The van der Waals surface area contributed by atoms with Gasteiger partial charge in [0.15, 0.2) is 0 Å². The summed E-state index contributed by atoms with van der Waals surface area (Å²) in [6.45, 7) is 4.00. The number of hydrazine groups is 1. The van der Waals surface area contributed by atoms with E-state index in [2.05, 4.69) is 10.4 Å². The lowest BCUT2D eigenvalue weighted by Gasteiger charge is -2.27. The van der Waals surface area contributed by atoms with Crippen molar-refractivity contribution in [2.24, 2.45) is 0 Å². The van der Waals surface area contributed by atoms with Crippen molar-refractivity contribution < 1.29 is 9.84 Å². The van der Waals surface area contributed by atoms with Gasteiger partial charge >= 0.3 is 0 Å². The number of nitrogens with one attached hydrogen (secondary N) is 1. The van der Waals surface area contributed by atoms with Gasteiger partial charge in [0.25, 0.3) is 0 Å². The van der Waals surface area contributed by atoms with Crippen LogP contribution in [-0.2, 0) is 11.3 Å². The van der Waals surface area contributed by atoms with Gasteiger partial charge in [-0.2, -0.15) is 0 Å². The molecule has 82 valence electrons. The highest BCUT2D eigenvalue weighted by atomic mass is 16.5. The van der Waals surface area contributed by atoms with E-state index in [0.29, 0.717) is 12.3 Å². The van der Waals surface area contributed by atoms with Gasteiger partial charge in [0.2, 0.25) is 0 Å². The number of rotatable bonds is 3. The van der Waals surface area contributed by atoms with E-state index in [4.69, 9.17) is 4.74 Å². The second-order valence-electron chi connectivity index (χ2n) is 3.56. The average Bonchev–Trinajstić information content (AvgIpc) is 2.29. The van der Waals surface area contributed by atoms with Gasteiger partial charge in [-0.3, -0.25) is 5.43 Å². The van der Waals surface area contributed by atoms with Crippen molar-refractivity contribution in [3.05, 3.63) is 29.8 Å². The van der Waals surface area contributed by atoms with Gasteiger partial charge in [0.05, 0.1) is 13.2 Å². The van der Waals surface area contributed by atoms with Crippen LogP contribution < -0.4 is 5.43 Å². The monoisotopic (exact) mass is 208 g/mol. The minimum Gasteiger partial charge on any atom is -0.508 e. The van der Waals surface area contributed by atoms with Crippen molar-refractivity contribution in [3.8, 4) is 5.75 Å². The summed E-state index contributed by atoms with van der Waals surface area (Å²) in [5.41, 5.74) is 4.19. The number of morpholine rings is 1. The molecule has 4 nitrogen and oxygen atoms in total. The first-order valence-corrected chi connectivity index (χ1v) is 5.19. The van der Waals surface area contributed by atoms with Gasteiger partial charge in [-0.25, -0.2) is 5.01 Å². The first kappa shape index (κ1) is 10.4. The van der Waals surface area contributed by atoms with Crippen molar-refractivity contribution in [1.82, 2.24) is 10.4 Å². The number of para-hydroxylation sites is 1. The molecule has 1 heterocycles. The lowest BCUT2D eigenvalue weighted by atomic mass is 10.2. The van der Waals surface area contributed by atoms with E-state index in [0.717, 1.165) is 31.9 Å². The van der Waals surface area contributed by atoms with E-state index in [1.807, 2.05) is 18.2 Å². The van der Waals surface area contributed by atoms with Crippen LogP contribution in [-0.4, -0.2) is 36.4 Å². The predicted octanol–water partition coefficient (Wildman–Crippen LogP) is 0.729. The zero-order valence-corrected chi connectivity index (χ0v) is 8.65. The molecule has 0 bridgehead atoms. The molecule has 0 amide bonds. The van der Waals surface area contributed by atoms with Crippen molar-refractivity contribution in [1.29, 1.82) is 0 Å². The van der Waals surface area contributed by atoms with Crippen molar-refractivity contribution in [2.75, 3.05) is 26.3 Å². The van der Waals surface area contributed by atoms with Gasteiger partial charge in [-0.05, 0) is 6.07 Å². The standard InChI is InChI=1S/C11H16N2O2/c14-11-4-2-1-3-10(11)9-12-13-5-7-15-8-6-13/h1-4,12,14H,5-9H2. The van der Waals surface area contributed by atoms with Crippen LogP contribution in [0.25, 0.3) is 0 Å². The summed E-state index contributed by atoms with van der Waals surface area (Å²) >= 11 is 0. The summed E-state index contributed by atoms with van der Waals surface area (Å²) in [4.78, 5) is 0. The number of ether oxygens (including phenoxy) is 1. The molecule has 0 spiro atoms. The molecule has 1 aromatic carbocycles. The second-order valence-corrected chi connectivity index (χ2v) is 3.56. The Labute approximate surface area is 89.4 Å². The van der Waals surface area contributed by atoms with Crippen LogP contribution in [0.4, 0.5) is 0 Å². The highest BCUT2D eigenvalue weighted by molar-refractivity contribution is 5.31. The molecule has 4 heteroatoms. The molecule has 0 radical (unpaired) electrons. The van der Waals surface area contributed by atoms with E-state index in [9.17, 15) is 5.11 Å². The molecule has 2 rings (SSSR count). The third-order valence-corrected chi connectivity index (χ3v) is 2.50. The summed E-state index contributed by atoms with van der Waals surface area (Å²) in [5.74, 6) is 0.346. The Morgan fingerprint density at radius 2 is 2.00 bits per heavy atom. The minimum absolute atomic E-state index is 0.346. The van der Waals surface area contributed by atoms with Crippen molar-refractivity contribution in [2.45, 2.75) is 6.54 Å². The second kappa shape index (κ2) is 5.11. The number of hydrogen-bond donors (Lipinski definition) is 2. The summed E-state index contributed by atoms with van der Waals surface area (Å²) in [6, 6.07) is 7.38.